The van der Waals surface area contributed by atoms with Crippen molar-refractivity contribution in [2.24, 2.45) is 0 Å². The Bertz CT molecular complexity index is 976. The molecule has 0 aliphatic rings. The Morgan fingerprint density at radius 1 is 1.07 bits per heavy atom. The summed E-state index contributed by atoms with van der Waals surface area (Å²) < 4.78 is 0. The van der Waals surface area contributed by atoms with Crippen LogP contribution in [0.3, 0.4) is 0 Å². The lowest BCUT2D eigenvalue weighted by Crippen LogP contribution is -2.08. The van der Waals surface area contributed by atoms with E-state index in [2.05, 4.69) is 20.6 Å². The van der Waals surface area contributed by atoms with Crippen molar-refractivity contribution >= 4 is 34.6 Å². The second kappa shape index (κ2) is 8.01. The molecule has 8 heteroatoms. The van der Waals surface area contributed by atoms with Crippen LogP contribution in [-0.4, -0.2) is 14.9 Å². The Morgan fingerprint density at radius 2 is 1.78 bits per heavy atom. The number of nitrogens with zero attached hydrogens (tertiary/aromatic N) is 3. The van der Waals surface area contributed by atoms with Crippen LogP contribution < -0.4 is 10.6 Å². The highest BCUT2D eigenvalue weighted by Crippen LogP contribution is 2.33. The molecule has 0 fully saturated rings. The van der Waals surface area contributed by atoms with Crippen molar-refractivity contribution in [3.8, 4) is 0 Å². The number of anilines is 3. The van der Waals surface area contributed by atoms with Gasteiger partial charge in [-0.05, 0) is 37.1 Å². The molecule has 0 saturated heterocycles. The van der Waals surface area contributed by atoms with Gasteiger partial charge in [0.25, 0.3) is 0 Å². The summed E-state index contributed by atoms with van der Waals surface area (Å²) in [6.45, 7) is 4.24. The maximum atomic E-state index is 11.7. The van der Waals surface area contributed by atoms with Crippen LogP contribution in [0.4, 0.5) is 23.0 Å². The maximum absolute atomic E-state index is 11.7. The number of hydrogen-bond acceptors (Lipinski definition) is 6. The lowest BCUT2D eigenvalue weighted by atomic mass is 10.1. The predicted octanol–water partition coefficient (Wildman–Crippen LogP) is 5.01. The molecule has 27 heavy (non-hydrogen) atoms. The molecule has 0 aliphatic carbocycles. The van der Waals surface area contributed by atoms with E-state index in [0.717, 1.165) is 16.7 Å². The molecule has 3 aromatic rings. The summed E-state index contributed by atoms with van der Waals surface area (Å²) in [5.41, 5.74) is 3.35. The van der Waals surface area contributed by atoms with Crippen molar-refractivity contribution in [2.45, 2.75) is 20.4 Å². The largest absolute Gasteiger partial charge is 0.360 e. The third kappa shape index (κ3) is 4.32. The van der Waals surface area contributed by atoms with Crippen LogP contribution in [0, 0.1) is 24.0 Å². The highest BCUT2D eigenvalue weighted by Gasteiger charge is 2.23. The van der Waals surface area contributed by atoms with E-state index in [1.165, 1.54) is 6.33 Å². The smallest absolute Gasteiger partial charge is 0.353 e. The summed E-state index contributed by atoms with van der Waals surface area (Å²) >= 11 is 6.12. The third-order valence-electron chi connectivity index (χ3n) is 4.11. The first-order valence-electron chi connectivity index (χ1n) is 8.26. The van der Waals surface area contributed by atoms with Crippen molar-refractivity contribution in [1.29, 1.82) is 0 Å². The van der Waals surface area contributed by atoms with E-state index in [-0.39, 0.29) is 17.3 Å². The van der Waals surface area contributed by atoms with E-state index >= 15 is 0 Å². The van der Waals surface area contributed by atoms with Crippen LogP contribution in [0.5, 0.6) is 0 Å². The van der Waals surface area contributed by atoms with Crippen molar-refractivity contribution in [1.82, 2.24) is 9.97 Å². The van der Waals surface area contributed by atoms with Gasteiger partial charge in [0.15, 0.2) is 0 Å². The number of rotatable bonds is 6. The van der Waals surface area contributed by atoms with Gasteiger partial charge in [-0.15, -0.1) is 0 Å². The van der Waals surface area contributed by atoms with Crippen LogP contribution in [-0.2, 0) is 6.54 Å². The Hall–Kier alpha value is -3.19. The second-order valence-corrected chi connectivity index (χ2v) is 6.46. The first kappa shape index (κ1) is 18.6. The average molecular weight is 384 g/mol. The van der Waals surface area contributed by atoms with Crippen molar-refractivity contribution in [3.05, 3.63) is 80.6 Å². The molecule has 1 aromatic heterocycles. The molecule has 138 valence electrons. The van der Waals surface area contributed by atoms with Crippen LogP contribution in [0.15, 0.2) is 48.8 Å². The molecule has 1 heterocycles. The predicted molar refractivity (Wildman–Crippen MR) is 107 cm³/mol. The number of aromatic nitrogens is 2. The minimum Gasteiger partial charge on any atom is -0.360 e. The molecular formula is C19H18ClN5O2. The minimum atomic E-state index is -0.500. The van der Waals surface area contributed by atoms with Gasteiger partial charge in [0.05, 0.1) is 4.92 Å². The summed E-state index contributed by atoms with van der Waals surface area (Å²) in [5.74, 6) is 0.254. The lowest BCUT2D eigenvalue weighted by Gasteiger charge is -2.12. The highest BCUT2D eigenvalue weighted by molar-refractivity contribution is 6.31. The third-order valence-corrected chi connectivity index (χ3v) is 4.52. The molecule has 0 saturated carbocycles. The van der Waals surface area contributed by atoms with Crippen molar-refractivity contribution in [2.75, 3.05) is 10.6 Å². The number of halogens is 1. The lowest BCUT2D eigenvalue weighted by molar-refractivity contribution is -0.383. The van der Waals surface area contributed by atoms with E-state index in [1.807, 2.05) is 38.1 Å². The number of hydrogen-bond donors (Lipinski definition) is 2. The molecule has 0 spiro atoms. The zero-order valence-electron chi connectivity index (χ0n) is 14.9. The first-order chi connectivity index (χ1) is 13.0. The van der Waals surface area contributed by atoms with E-state index in [9.17, 15) is 10.1 Å². The van der Waals surface area contributed by atoms with Gasteiger partial charge < -0.3 is 10.6 Å². The normalized spacial score (nSPS) is 10.5. The van der Waals surface area contributed by atoms with E-state index in [1.54, 1.807) is 18.2 Å². The molecule has 7 nitrogen and oxygen atoms in total. The SMILES string of the molecule is Cc1ccc(CNc2ncnc(Nc3cccc(Cl)c3C)c2[N+](=O)[O-])cc1. The van der Waals surface area contributed by atoms with Gasteiger partial charge in [-0.1, -0.05) is 47.5 Å². The Labute approximate surface area is 161 Å². The van der Waals surface area contributed by atoms with Crippen molar-refractivity contribution in [3.63, 3.8) is 0 Å². The van der Waals surface area contributed by atoms with Gasteiger partial charge in [0, 0.05) is 17.3 Å². The van der Waals surface area contributed by atoms with Crippen LogP contribution in [0.1, 0.15) is 16.7 Å². The minimum absolute atomic E-state index is 0.103. The fourth-order valence-corrected chi connectivity index (χ4v) is 2.71. The zero-order valence-corrected chi connectivity index (χ0v) is 15.6. The Balaban J connectivity index is 1.89. The molecule has 0 atom stereocenters. The molecule has 3 rings (SSSR count). The van der Waals surface area contributed by atoms with Crippen LogP contribution in [0.25, 0.3) is 0 Å². The standard InChI is InChI=1S/C19H18ClN5O2/c1-12-6-8-14(9-7-12)10-21-18-17(25(26)27)19(23-11-22-18)24-16-5-3-4-15(20)13(16)2/h3-9,11H,10H2,1-2H3,(H2,21,22,23,24). The molecule has 0 bridgehead atoms. The van der Waals surface area contributed by atoms with Crippen LogP contribution >= 0.6 is 11.6 Å². The van der Waals surface area contributed by atoms with E-state index < -0.39 is 4.92 Å². The molecule has 0 radical (unpaired) electrons. The fraction of sp³-hybridized carbons (Fsp3) is 0.158. The summed E-state index contributed by atoms with van der Waals surface area (Å²) in [5, 5.41) is 18.2. The van der Waals surface area contributed by atoms with Gasteiger partial charge in [0.2, 0.25) is 11.6 Å². The van der Waals surface area contributed by atoms with Gasteiger partial charge in [-0.2, -0.15) is 0 Å². The van der Waals surface area contributed by atoms with E-state index in [0.29, 0.717) is 17.3 Å². The Morgan fingerprint density at radius 3 is 2.48 bits per heavy atom. The van der Waals surface area contributed by atoms with Gasteiger partial charge in [-0.3, -0.25) is 10.1 Å². The molecular weight excluding hydrogens is 366 g/mol. The van der Waals surface area contributed by atoms with Gasteiger partial charge >= 0.3 is 5.69 Å². The monoisotopic (exact) mass is 383 g/mol. The summed E-state index contributed by atoms with van der Waals surface area (Å²) in [6, 6.07) is 13.2. The zero-order chi connectivity index (χ0) is 19.4. The summed E-state index contributed by atoms with van der Waals surface area (Å²) in [7, 11) is 0. The fourth-order valence-electron chi connectivity index (χ4n) is 2.53. The highest BCUT2D eigenvalue weighted by atomic mass is 35.5. The molecule has 0 amide bonds. The summed E-state index contributed by atoms with van der Waals surface area (Å²) in [6.07, 6.45) is 1.28. The van der Waals surface area contributed by atoms with Crippen molar-refractivity contribution < 1.29 is 4.92 Å². The summed E-state index contributed by atoms with van der Waals surface area (Å²) in [4.78, 5) is 19.3. The number of nitro groups is 1. The topological polar surface area (TPSA) is 93.0 Å². The van der Waals surface area contributed by atoms with Gasteiger partial charge in [0.1, 0.15) is 6.33 Å². The first-order valence-corrected chi connectivity index (χ1v) is 8.64. The molecule has 0 unspecified atom stereocenters. The van der Waals surface area contributed by atoms with Crippen LogP contribution in [0.2, 0.25) is 5.02 Å². The van der Waals surface area contributed by atoms with Gasteiger partial charge in [-0.25, -0.2) is 9.97 Å². The number of benzene rings is 2. The Kier molecular flexibility index (Phi) is 5.52. The molecule has 0 aliphatic heterocycles. The number of aryl methyl sites for hydroxylation is 1. The second-order valence-electron chi connectivity index (χ2n) is 6.05. The van der Waals surface area contributed by atoms with E-state index in [4.69, 9.17) is 11.6 Å². The number of nitrogens with one attached hydrogen (secondary N) is 2. The molecule has 2 aromatic carbocycles. The average Bonchev–Trinajstić information content (AvgIpc) is 2.65. The quantitative estimate of drug-likeness (QED) is 0.459. The molecule has 2 N–H and O–H groups in total. The maximum Gasteiger partial charge on any atom is 0.353 e.